The fraction of sp³-hybridized carbons (Fsp3) is 0.773. The van der Waals surface area contributed by atoms with Crippen LogP contribution in [0.3, 0.4) is 0 Å². The first kappa shape index (κ1) is 21.7. The van der Waals surface area contributed by atoms with Gasteiger partial charge in [0.25, 0.3) is 0 Å². The number of carbonyl (C=O) groups excluding carboxylic acids is 3. The Labute approximate surface area is 174 Å². The summed E-state index contributed by atoms with van der Waals surface area (Å²) in [5.74, 6) is 0.228. The molecular formula is C22H36N4O3. The Hall–Kier alpha value is -2.05. The number of nitrogens with zero attached hydrogens (tertiary/aromatic N) is 3. The van der Waals surface area contributed by atoms with Crippen LogP contribution in [0.15, 0.2) is 11.1 Å². The van der Waals surface area contributed by atoms with Crippen molar-refractivity contribution in [2.24, 2.45) is 5.92 Å². The molecule has 2 saturated heterocycles. The molecule has 0 aromatic rings. The second-order valence-corrected chi connectivity index (χ2v) is 8.96. The molecule has 1 aliphatic carbocycles. The summed E-state index contributed by atoms with van der Waals surface area (Å²) in [7, 11) is 1.77. The summed E-state index contributed by atoms with van der Waals surface area (Å²) in [6.07, 6.45) is 6.80. The van der Waals surface area contributed by atoms with E-state index in [4.69, 9.17) is 0 Å². The van der Waals surface area contributed by atoms with Gasteiger partial charge in [-0.2, -0.15) is 0 Å². The first-order chi connectivity index (χ1) is 13.9. The van der Waals surface area contributed by atoms with Crippen molar-refractivity contribution in [3.8, 4) is 0 Å². The highest BCUT2D eigenvalue weighted by Gasteiger charge is 2.35. The zero-order valence-electron chi connectivity index (χ0n) is 18.2. The highest BCUT2D eigenvalue weighted by atomic mass is 16.2. The Morgan fingerprint density at radius 3 is 2.45 bits per heavy atom. The maximum Gasteiger partial charge on any atom is 0.317 e. The van der Waals surface area contributed by atoms with E-state index >= 15 is 0 Å². The lowest BCUT2D eigenvalue weighted by Gasteiger charge is -2.33. The highest BCUT2D eigenvalue weighted by Crippen LogP contribution is 2.32. The van der Waals surface area contributed by atoms with E-state index in [2.05, 4.69) is 19.2 Å². The third-order valence-electron chi connectivity index (χ3n) is 6.85. The molecule has 7 heteroatoms. The predicted molar refractivity (Wildman–Crippen MR) is 112 cm³/mol. The van der Waals surface area contributed by atoms with Crippen molar-refractivity contribution in [2.75, 3.05) is 39.8 Å². The minimum absolute atomic E-state index is 0.0123. The summed E-state index contributed by atoms with van der Waals surface area (Å²) in [6, 6.07) is -0.0732. The molecule has 0 aromatic heterocycles. The predicted octanol–water partition coefficient (Wildman–Crippen LogP) is 2.38. The molecule has 1 unspecified atom stereocenters. The maximum absolute atomic E-state index is 13.1. The van der Waals surface area contributed by atoms with Gasteiger partial charge >= 0.3 is 6.03 Å². The number of allylic oxidation sites excluding steroid dienone is 2. The van der Waals surface area contributed by atoms with Crippen LogP contribution in [0, 0.1) is 5.92 Å². The standard InChI is InChI=1S/C22H36N4O3/c1-16-8-9-18(13-17(16)2)21(28)26-12-6-7-19(26)15-24(3)20(27)14-23-22(29)25-10-4-5-11-25/h18-19H,4-15H2,1-3H3,(H,23,29)/t18?,19-/m1/s1. The van der Waals surface area contributed by atoms with Crippen LogP contribution in [-0.4, -0.2) is 78.4 Å². The Balaban J connectivity index is 1.48. The molecule has 0 spiro atoms. The van der Waals surface area contributed by atoms with Gasteiger partial charge in [0.15, 0.2) is 0 Å². The Morgan fingerprint density at radius 2 is 1.76 bits per heavy atom. The van der Waals surface area contributed by atoms with Gasteiger partial charge in [0.05, 0.1) is 6.54 Å². The molecule has 2 aliphatic heterocycles. The number of likely N-dealkylation sites (N-methyl/N-ethyl adjacent to an activating group) is 1. The molecule has 1 N–H and O–H groups in total. The van der Waals surface area contributed by atoms with Crippen LogP contribution in [-0.2, 0) is 9.59 Å². The summed E-state index contributed by atoms with van der Waals surface area (Å²) in [5, 5.41) is 2.73. The van der Waals surface area contributed by atoms with Crippen LogP contribution in [0.5, 0.6) is 0 Å². The highest BCUT2D eigenvalue weighted by molar-refractivity contribution is 5.84. The normalized spacial score (nSPS) is 24.8. The molecular weight excluding hydrogens is 368 g/mol. The van der Waals surface area contributed by atoms with Gasteiger partial charge in [-0.15, -0.1) is 0 Å². The maximum atomic E-state index is 13.1. The third-order valence-corrected chi connectivity index (χ3v) is 6.85. The molecule has 2 atom stereocenters. The minimum Gasteiger partial charge on any atom is -0.342 e. The van der Waals surface area contributed by atoms with Crippen LogP contribution < -0.4 is 5.32 Å². The van der Waals surface area contributed by atoms with Gasteiger partial charge in [-0.3, -0.25) is 9.59 Å². The second kappa shape index (κ2) is 9.63. The molecule has 2 fully saturated rings. The monoisotopic (exact) mass is 404 g/mol. The molecule has 0 bridgehead atoms. The number of urea groups is 1. The molecule has 4 amide bonds. The first-order valence-electron chi connectivity index (χ1n) is 11.1. The molecule has 29 heavy (non-hydrogen) atoms. The van der Waals surface area contributed by atoms with Crippen molar-refractivity contribution >= 4 is 17.8 Å². The van der Waals surface area contributed by atoms with E-state index in [9.17, 15) is 14.4 Å². The van der Waals surface area contributed by atoms with Crippen LogP contribution >= 0.6 is 0 Å². The van der Waals surface area contributed by atoms with E-state index in [-0.39, 0.29) is 36.3 Å². The number of rotatable bonds is 5. The molecule has 7 nitrogen and oxygen atoms in total. The lowest BCUT2D eigenvalue weighted by Crippen LogP contribution is -2.48. The third kappa shape index (κ3) is 5.31. The van der Waals surface area contributed by atoms with E-state index in [1.807, 2.05) is 4.90 Å². The fourth-order valence-corrected chi connectivity index (χ4v) is 4.75. The van der Waals surface area contributed by atoms with Crippen molar-refractivity contribution in [2.45, 2.75) is 64.8 Å². The largest absolute Gasteiger partial charge is 0.342 e. The number of carbonyl (C=O) groups is 3. The summed E-state index contributed by atoms with van der Waals surface area (Å²) in [6.45, 7) is 7.17. The number of likely N-dealkylation sites (tertiary alicyclic amines) is 2. The number of hydrogen-bond donors (Lipinski definition) is 1. The Bertz CT molecular complexity index is 669. The lowest BCUT2D eigenvalue weighted by atomic mass is 9.84. The van der Waals surface area contributed by atoms with Crippen molar-refractivity contribution < 1.29 is 14.4 Å². The SMILES string of the molecule is CC1=C(C)CC(C(=O)N2CCC[C@@H]2CN(C)C(=O)CNC(=O)N2CCCC2)CC1. The van der Waals surface area contributed by atoms with E-state index in [0.717, 1.165) is 64.6 Å². The summed E-state index contributed by atoms with van der Waals surface area (Å²) < 4.78 is 0. The van der Waals surface area contributed by atoms with Gasteiger partial charge in [0.2, 0.25) is 11.8 Å². The van der Waals surface area contributed by atoms with E-state index in [1.165, 1.54) is 11.1 Å². The quantitative estimate of drug-likeness (QED) is 0.715. The molecule has 3 aliphatic rings. The molecule has 2 heterocycles. The zero-order valence-corrected chi connectivity index (χ0v) is 18.2. The van der Waals surface area contributed by atoms with Gasteiger partial charge < -0.3 is 20.0 Å². The molecule has 162 valence electrons. The number of hydrogen-bond acceptors (Lipinski definition) is 3. The smallest absolute Gasteiger partial charge is 0.317 e. The van der Waals surface area contributed by atoms with Gasteiger partial charge in [-0.05, 0) is 58.8 Å². The van der Waals surface area contributed by atoms with E-state index < -0.39 is 0 Å². The van der Waals surface area contributed by atoms with Crippen LogP contribution in [0.4, 0.5) is 4.79 Å². The average Bonchev–Trinajstić information content (AvgIpc) is 3.39. The van der Waals surface area contributed by atoms with Gasteiger partial charge in [-0.1, -0.05) is 11.1 Å². The number of nitrogens with one attached hydrogen (secondary N) is 1. The fourth-order valence-electron chi connectivity index (χ4n) is 4.75. The van der Waals surface area contributed by atoms with E-state index in [1.54, 1.807) is 16.8 Å². The van der Waals surface area contributed by atoms with Crippen molar-refractivity contribution in [3.63, 3.8) is 0 Å². The number of amides is 4. The van der Waals surface area contributed by atoms with Gasteiger partial charge in [0.1, 0.15) is 0 Å². The Kier molecular flexibility index (Phi) is 7.19. The van der Waals surface area contributed by atoms with Crippen molar-refractivity contribution in [1.82, 2.24) is 20.0 Å². The zero-order chi connectivity index (χ0) is 21.0. The topological polar surface area (TPSA) is 73.0 Å². The molecule has 0 saturated carbocycles. The van der Waals surface area contributed by atoms with Crippen LogP contribution in [0.1, 0.15) is 58.8 Å². The van der Waals surface area contributed by atoms with Crippen LogP contribution in [0.2, 0.25) is 0 Å². The first-order valence-corrected chi connectivity index (χ1v) is 11.1. The molecule has 0 aromatic carbocycles. The van der Waals surface area contributed by atoms with Crippen molar-refractivity contribution in [1.29, 1.82) is 0 Å². The summed E-state index contributed by atoms with van der Waals surface area (Å²) in [5.41, 5.74) is 2.78. The Morgan fingerprint density at radius 1 is 1.03 bits per heavy atom. The lowest BCUT2D eigenvalue weighted by molar-refractivity contribution is -0.138. The molecule has 3 rings (SSSR count). The van der Waals surface area contributed by atoms with Crippen LogP contribution in [0.25, 0.3) is 0 Å². The summed E-state index contributed by atoms with van der Waals surface area (Å²) in [4.78, 5) is 43.1. The van der Waals surface area contributed by atoms with Gasteiger partial charge in [-0.25, -0.2) is 4.79 Å². The van der Waals surface area contributed by atoms with E-state index in [0.29, 0.717) is 6.54 Å². The second-order valence-electron chi connectivity index (χ2n) is 8.96. The van der Waals surface area contributed by atoms with Gasteiger partial charge in [0, 0.05) is 45.2 Å². The molecule has 0 radical (unpaired) electrons. The van der Waals surface area contributed by atoms with Crippen molar-refractivity contribution in [3.05, 3.63) is 11.1 Å². The minimum atomic E-state index is -0.155. The average molecular weight is 405 g/mol. The summed E-state index contributed by atoms with van der Waals surface area (Å²) >= 11 is 0.